The SMILES string of the molecule is Cc1cc(OCC(=O)NC(=S)Nc2ccc(Cl)c(Cl)c2)ccc1Br. The first-order chi connectivity index (χ1) is 11.3. The van der Waals surface area contributed by atoms with Crippen LogP contribution in [0.2, 0.25) is 10.0 Å². The van der Waals surface area contributed by atoms with Crippen molar-refractivity contribution in [3.63, 3.8) is 0 Å². The lowest BCUT2D eigenvalue weighted by molar-refractivity contribution is -0.121. The summed E-state index contributed by atoms with van der Waals surface area (Å²) in [6.45, 7) is 1.79. The molecule has 4 nitrogen and oxygen atoms in total. The van der Waals surface area contributed by atoms with Gasteiger partial charge in [-0.25, -0.2) is 0 Å². The zero-order chi connectivity index (χ0) is 17.7. The lowest BCUT2D eigenvalue weighted by atomic mass is 10.2. The highest BCUT2D eigenvalue weighted by Gasteiger charge is 2.08. The Morgan fingerprint density at radius 2 is 1.96 bits per heavy atom. The molecular weight excluding hydrogens is 435 g/mol. The molecule has 0 fully saturated rings. The first-order valence-corrected chi connectivity index (χ1v) is 8.75. The van der Waals surface area contributed by atoms with Crippen LogP contribution in [0.1, 0.15) is 5.56 Å². The molecule has 1 amide bonds. The van der Waals surface area contributed by atoms with E-state index in [1.54, 1.807) is 24.3 Å². The van der Waals surface area contributed by atoms with E-state index in [1.807, 2.05) is 19.1 Å². The number of benzene rings is 2. The molecule has 0 unspecified atom stereocenters. The predicted molar refractivity (Wildman–Crippen MR) is 105 cm³/mol. The minimum Gasteiger partial charge on any atom is -0.484 e. The lowest BCUT2D eigenvalue weighted by Crippen LogP contribution is -2.37. The molecule has 0 saturated heterocycles. The van der Waals surface area contributed by atoms with E-state index >= 15 is 0 Å². The van der Waals surface area contributed by atoms with Gasteiger partial charge in [-0.3, -0.25) is 10.1 Å². The summed E-state index contributed by atoms with van der Waals surface area (Å²) in [5.41, 5.74) is 1.64. The molecule has 0 aliphatic carbocycles. The molecule has 0 spiro atoms. The molecule has 0 atom stereocenters. The molecule has 2 aromatic rings. The highest BCUT2D eigenvalue weighted by atomic mass is 79.9. The van der Waals surface area contributed by atoms with Gasteiger partial charge in [0.1, 0.15) is 5.75 Å². The zero-order valence-electron chi connectivity index (χ0n) is 12.5. The Labute approximate surface area is 163 Å². The number of aryl methyl sites for hydroxylation is 1. The van der Waals surface area contributed by atoms with Crippen LogP contribution in [0.3, 0.4) is 0 Å². The van der Waals surface area contributed by atoms with Gasteiger partial charge >= 0.3 is 0 Å². The molecule has 0 bridgehead atoms. The van der Waals surface area contributed by atoms with Crippen molar-refractivity contribution in [2.45, 2.75) is 6.92 Å². The number of ether oxygens (including phenoxy) is 1. The van der Waals surface area contributed by atoms with Crippen molar-refractivity contribution < 1.29 is 9.53 Å². The van der Waals surface area contributed by atoms with E-state index in [0.717, 1.165) is 10.0 Å². The van der Waals surface area contributed by atoms with Gasteiger partial charge in [0.2, 0.25) is 0 Å². The van der Waals surface area contributed by atoms with E-state index in [0.29, 0.717) is 21.5 Å². The first kappa shape index (κ1) is 19.0. The van der Waals surface area contributed by atoms with Crippen molar-refractivity contribution in [2.24, 2.45) is 0 Å². The molecule has 0 aromatic heterocycles. The Morgan fingerprint density at radius 3 is 2.62 bits per heavy atom. The summed E-state index contributed by atoms with van der Waals surface area (Å²) >= 11 is 20.2. The summed E-state index contributed by atoms with van der Waals surface area (Å²) in [4.78, 5) is 11.9. The van der Waals surface area contributed by atoms with E-state index in [1.165, 1.54) is 0 Å². The third kappa shape index (κ3) is 5.63. The van der Waals surface area contributed by atoms with Gasteiger partial charge in [-0.1, -0.05) is 39.1 Å². The molecule has 0 heterocycles. The average Bonchev–Trinajstić information content (AvgIpc) is 2.52. The molecule has 2 aromatic carbocycles. The maximum atomic E-state index is 11.9. The summed E-state index contributed by atoms with van der Waals surface area (Å²) in [5, 5.41) is 6.36. The smallest absolute Gasteiger partial charge is 0.264 e. The standard InChI is InChI=1S/C16H13BrCl2N2O2S/c1-9-6-11(3-4-12(9)17)23-8-15(22)21-16(24)20-10-2-5-13(18)14(19)7-10/h2-7H,8H2,1H3,(H2,20,21,22,24). The summed E-state index contributed by atoms with van der Waals surface area (Å²) in [7, 11) is 0. The van der Waals surface area contributed by atoms with E-state index in [4.69, 9.17) is 40.2 Å². The van der Waals surface area contributed by atoms with Crippen LogP contribution < -0.4 is 15.4 Å². The van der Waals surface area contributed by atoms with Crippen LogP contribution in [0.15, 0.2) is 40.9 Å². The highest BCUT2D eigenvalue weighted by molar-refractivity contribution is 9.10. The molecule has 24 heavy (non-hydrogen) atoms. The number of anilines is 1. The Balaban J connectivity index is 1.83. The van der Waals surface area contributed by atoms with Crippen molar-refractivity contribution in [2.75, 3.05) is 11.9 Å². The van der Waals surface area contributed by atoms with Crippen molar-refractivity contribution in [3.05, 3.63) is 56.5 Å². The molecule has 0 saturated carbocycles. The molecule has 0 aliphatic rings. The number of amides is 1. The number of nitrogens with one attached hydrogen (secondary N) is 2. The summed E-state index contributed by atoms with van der Waals surface area (Å²) in [6, 6.07) is 10.4. The second-order valence-electron chi connectivity index (χ2n) is 4.83. The van der Waals surface area contributed by atoms with Gasteiger partial charge in [0.15, 0.2) is 11.7 Å². The Bertz CT molecular complexity index is 787. The fourth-order valence-electron chi connectivity index (χ4n) is 1.75. The lowest BCUT2D eigenvalue weighted by Gasteiger charge is -2.11. The van der Waals surface area contributed by atoms with Crippen molar-refractivity contribution >= 4 is 68.1 Å². The fourth-order valence-corrected chi connectivity index (χ4v) is 2.53. The number of thiocarbonyl (C=S) groups is 1. The average molecular weight is 448 g/mol. The van der Waals surface area contributed by atoms with Gasteiger partial charge in [0.05, 0.1) is 10.0 Å². The zero-order valence-corrected chi connectivity index (χ0v) is 16.4. The van der Waals surface area contributed by atoms with Crippen LogP contribution in [0.4, 0.5) is 5.69 Å². The van der Waals surface area contributed by atoms with Crippen LogP contribution in [0, 0.1) is 6.92 Å². The van der Waals surface area contributed by atoms with E-state index in [9.17, 15) is 4.79 Å². The number of hydrogen-bond acceptors (Lipinski definition) is 3. The van der Waals surface area contributed by atoms with Gasteiger partial charge in [-0.15, -0.1) is 0 Å². The molecule has 2 N–H and O–H groups in total. The van der Waals surface area contributed by atoms with Gasteiger partial charge in [0.25, 0.3) is 5.91 Å². The monoisotopic (exact) mass is 446 g/mol. The van der Waals surface area contributed by atoms with Crippen molar-refractivity contribution in [1.82, 2.24) is 5.32 Å². The quantitative estimate of drug-likeness (QED) is 0.650. The van der Waals surface area contributed by atoms with Crippen LogP contribution in [-0.4, -0.2) is 17.6 Å². The maximum Gasteiger partial charge on any atom is 0.264 e. The fraction of sp³-hybridized carbons (Fsp3) is 0.125. The second-order valence-corrected chi connectivity index (χ2v) is 6.91. The van der Waals surface area contributed by atoms with Gasteiger partial charge in [0, 0.05) is 10.2 Å². The van der Waals surface area contributed by atoms with E-state index < -0.39 is 0 Å². The minimum atomic E-state index is -0.367. The number of hydrogen-bond donors (Lipinski definition) is 2. The van der Waals surface area contributed by atoms with Gasteiger partial charge < -0.3 is 10.1 Å². The number of carbonyl (C=O) groups excluding carboxylic acids is 1. The Hall–Kier alpha value is -1.34. The topological polar surface area (TPSA) is 50.4 Å². The largest absolute Gasteiger partial charge is 0.484 e. The second kappa shape index (κ2) is 8.67. The normalized spacial score (nSPS) is 10.2. The first-order valence-electron chi connectivity index (χ1n) is 6.80. The highest BCUT2D eigenvalue weighted by Crippen LogP contribution is 2.25. The Morgan fingerprint density at radius 1 is 1.21 bits per heavy atom. The summed E-state index contributed by atoms with van der Waals surface area (Å²) in [5.74, 6) is 0.238. The molecule has 8 heteroatoms. The molecular formula is C16H13BrCl2N2O2S. The minimum absolute atomic E-state index is 0.147. The molecule has 126 valence electrons. The van der Waals surface area contributed by atoms with Crippen LogP contribution in [-0.2, 0) is 4.79 Å². The third-order valence-electron chi connectivity index (χ3n) is 2.93. The number of carbonyl (C=O) groups is 1. The van der Waals surface area contributed by atoms with Gasteiger partial charge in [-0.05, 0) is 61.1 Å². The summed E-state index contributed by atoms with van der Waals surface area (Å²) in [6.07, 6.45) is 0. The number of halogens is 3. The van der Waals surface area contributed by atoms with Gasteiger partial charge in [-0.2, -0.15) is 0 Å². The third-order valence-corrected chi connectivity index (χ3v) is 4.76. The number of rotatable bonds is 4. The van der Waals surface area contributed by atoms with E-state index in [2.05, 4.69) is 26.6 Å². The Kier molecular flexibility index (Phi) is 6.86. The molecule has 0 radical (unpaired) electrons. The van der Waals surface area contributed by atoms with Crippen molar-refractivity contribution in [3.8, 4) is 5.75 Å². The predicted octanol–water partition coefficient (Wildman–Crippen LogP) is 4.96. The molecule has 0 aliphatic heterocycles. The van der Waals surface area contributed by atoms with Crippen LogP contribution in [0.25, 0.3) is 0 Å². The van der Waals surface area contributed by atoms with Crippen molar-refractivity contribution in [1.29, 1.82) is 0 Å². The summed E-state index contributed by atoms with van der Waals surface area (Å²) < 4.78 is 6.41. The van der Waals surface area contributed by atoms with Crippen LogP contribution >= 0.6 is 51.3 Å². The van der Waals surface area contributed by atoms with Crippen LogP contribution in [0.5, 0.6) is 5.75 Å². The van der Waals surface area contributed by atoms with E-state index in [-0.39, 0.29) is 17.6 Å². The molecule has 2 rings (SSSR count). The maximum absolute atomic E-state index is 11.9.